The van der Waals surface area contributed by atoms with E-state index in [1.807, 2.05) is 35.4 Å². The monoisotopic (exact) mass is 377 g/mol. The summed E-state index contributed by atoms with van der Waals surface area (Å²) in [6.45, 7) is 2.39. The van der Waals surface area contributed by atoms with Gasteiger partial charge in [-0.05, 0) is 18.6 Å². The van der Waals surface area contributed by atoms with Crippen LogP contribution in [0.3, 0.4) is 0 Å². The van der Waals surface area contributed by atoms with Crippen LogP contribution < -0.4 is 0 Å². The molecule has 2 aromatic heterocycles. The van der Waals surface area contributed by atoms with Crippen LogP contribution in [0.15, 0.2) is 36.7 Å². The van der Waals surface area contributed by atoms with Crippen molar-refractivity contribution in [2.75, 3.05) is 19.6 Å². The number of likely N-dealkylation sites (tertiary alicyclic amines) is 2. The van der Waals surface area contributed by atoms with Crippen LogP contribution in [0.4, 0.5) is 0 Å². The molecule has 0 bridgehead atoms. The Hall–Kier alpha value is -3.36. The highest BCUT2D eigenvalue weighted by molar-refractivity contribution is 5.94. The number of hydrogen-bond donors (Lipinski definition) is 0. The molecule has 0 aliphatic carbocycles. The minimum Gasteiger partial charge on any atom is -0.337 e. The second-order valence-corrected chi connectivity index (χ2v) is 7.22. The molecule has 0 saturated carbocycles. The number of carbonyl (C=O) groups is 2. The standard InChI is InChI=1S/C19H19N7O2/c27-18-6-3-7-24(18)9-13-10-26(23-22-13)14-11-25(12-14)19(28)17-8-20-15-4-1-2-5-16(15)21-17/h1-2,4-5,8,10,14H,3,6-7,9,11-12H2. The van der Waals surface area contributed by atoms with Gasteiger partial charge >= 0.3 is 0 Å². The number of aromatic nitrogens is 5. The quantitative estimate of drug-likeness (QED) is 0.674. The molecule has 2 aliphatic rings. The summed E-state index contributed by atoms with van der Waals surface area (Å²) in [5, 5.41) is 8.35. The number of carbonyl (C=O) groups excluding carboxylic acids is 2. The van der Waals surface area contributed by atoms with Crippen LogP contribution in [-0.2, 0) is 11.3 Å². The molecule has 5 rings (SSSR count). The molecule has 1 aromatic carbocycles. The molecular weight excluding hydrogens is 358 g/mol. The number of hydrogen-bond acceptors (Lipinski definition) is 6. The molecule has 9 nitrogen and oxygen atoms in total. The molecule has 0 unspecified atom stereocenters. The Kier molecular flexibility index (Phi) is 4.00. The number of amides is 2. The third-order valence-corrected chi connectivity index (χ3v) is 5.27. The topological polar surface area (TPSA) is 97.1 Å². The number of nitrogens with zero attached hydrogens (tertiary/aromatic N) is 7. The molecule has 0 radical (unpaired) electrons. The maximum absolute atomic E-state index is 12.7. The van der Waals surface area contributed by atoms with E-state index >= 15 is 0 Å². The molecule has 3 aromatic rings. The summed E-state index contributed by atoms with van der Waals surface area (Å²) in [7, 11) is 0. The molecule has 2 saturated heterocycles. The number of rotatable bonds is 4. The van der Waals surface area contributed by atoms with Crippen molar-refractivity contribution >= 4 is 22.8 Å². The Morgan fingerprint density at radius 2 is 2.00 bits per heavy atom. The van der Waals surface area contributed by atoms with Crippen LogP contribution in [0.2, 0.25) is 0 Å². The number of benzene rings is 1. The van der Waals surface area contributed by atoms with E-state index < -0.39 is 0 Å². The fourth-order valence-corrected chi connectivity index (χ4v) is 3.64. The summed E-state index contributed by atoms with van der Waals surface area (Å²) in [5.74, 6) is 0.0453. The highest BCUT2D eigenvalue weighted by Gasteiger charge is 2.34. The zero-order chi connectivity index (χ0) is 19.1. The molecule has 28 heavy (non-hydrogen) atoms. The second kappa shape index (κ2) is 6.66. The van der Waals surface area contributed by atoms with E-state index in [0.29, 0.717) is 37.3 Å². The van der Waals surface area contributed by atoms with E-state index in [0.717, 1.165) is 24.2 Å². The molecule has 142 valence electrons. The first kappa shape index (κ1) is 16.8. The van der Waals surface area contributed by atoms with Gasteiger partial charge in [-0.3, -0.25) is 14.6 Å². The average Bonchev–Trinajstić information content (AvgIpc) is 3.30. The highest BCUT2D eigenvalue weighted by Crippen LogP contribution is 2.23. The zero-order valence-corrected chi connectivity index (χ0v) is 15.2. The smallest absolute Gasteiger partial charge is 0.274 e. The van der Waals surface area contributed by atoms with Gasteiger partial charge in [-0.15, -0.1) is 5.10 Å². The van der Waals surface area contributed by atoms with Gasteiger partial charge in [-0.2, -0.15) is 0 Å². The van der Waals surface area contributed by atoms with E-state index in [1.165, 1.54) is 6.20 Å². The van der Waals surface area contributed by atoms with Gasteiger partial charge in [0, 0.05) is 26.1 Å². The molecule has 0 atom stereocenters. The van der Waals surface area contributed by atoms with Crippen molar-refractivity contribution < 1.29 is 9.59 Å². The average molecular weight is 377 g/mol. The number of para-hydroxylation sites is 2. The van der Waals surface area contributed by atoms with Gasteiger partial charge < -0.3 is 9.80 Å². The van der Waals surface area contributed by atoms with Crippen molar-refractivity contribution in [3.05, 3.63) is 48.0 Å². The molecule has 0 N–H and O–H groups in total. The first-order valence-electron chi connectivity index (χ1n) is 9.37. The van der Waals surface area contributed by atoms with Gasteiger partial charge in [0.25, 0.3) is 5.91 Å². The van der Waals surface area contributed by atoms with Gasteiger partial charge in [-0.1, -0.05) is 17.3 Å². The van der Waals surface area contributed by atoms with Crippen LogP contribution in [0, 0.1) is 0 Å². The molecule has 0 spiro atoms. The largest absolute Gasteiger partial charge is 0.337 e. The fraction of sp³-hybridized carbons (Fsp3) is 0.368. The summed E-state index contributed by atoms with van der Waals surface area (Å²) in [6.07, 6.45) is 4.92. The Morgan fingerprint density at radius 1 is 1.18 bits per heavy atom. The van der Waals surface area contributed by atoms with Gasteiger partial charge in [0.2, 0.25) is 5.91 Å². The van der Waals surface area contributed by atoms with Crippen molar-refractivity contribution in [3.63, 3.8) is 0 Å². The lowest BCUT2D eigenvalue weighted by molar-refractivity contribution is -0.128. The summed E-state index contributed by atoms with van der Waals surface area (Å²) in [5.41, 5.74) is 2.61. The maximum atomic E-state index is 12.7. The Labute approximate surface area is 161 Å². The lowest BCUT2D eigenvalue weighted by Crippen LogP contribution is -2.51. The Balaban J connectivity index is 1.22. The van der Waals surface area contributed by atoms with Crippen molar-refractivity contribution in [2.45, 2.75) is 25.4 Å². The molecule has 2 fully saturated rings. The lowest BCUT2D eigenvalue weighted by atomic mass is 10.1. The van der Waals surface area contributed by atoms with Crippen molar-refractivity contribution in [2.24, 2.45) is 0 Å². The predicted octanol–water partition coefficient (Wildman–Crippen LogP) is 1.04. The minimum absolute atomic E-state index is 0.0906. The van der Waals surface area contributed by atoms with Crippen molar-refractivity contribution in [1.29, 1.82) is 0 Å². The van der Waals surface area contributed by atoms with E-state index in [-0.39, 0.29) is 17.9 Å². The van der Waals surface area contributed by atoms with Crippen LogP contribution in [-0.4, -0.2) is 66.2 Å². The van der Waals surface area contributed by atoms with Crippen LogP contribution in [0.25, 0.3) is 11.0 Å². The van der Waals surface area contributed by atoms with Crippen LogP contribution in [0.1, 0.15) is 35.1 Å². The molecule has 2 amide bonds. The van der Waals surface area contributed by atoms with E-state index in [4.69, 9.17) is 0 Å². The van der Waals surface area contributed by atoms with E-state index in [2.05, 4.69) is 20.3 Å². The first-order chi connectivity index (χ1) is 13.7. The third kappa shape index (κ3) is 2.98. The van der Waals surface area contributed by atoms with Crippen LogP contribution >= 0.6 is 0 Å². The minimum atomic E-state index is -0.127. The molecule has 2 aliphatic heterocycles. The van der Waals surface area contributed by atoms with Crippen LogP contribution in [0.5, 0.6) is 0 Å². The van der Waals surface area contributed by atoms with E-state index in [9.17, 15) is 9.59 Å². The molecular formula is C19H19N7O2. The molecule has 9 heteroatoms. The van der Waals surface area contributed by atoms with Gasteiger partial charge in [-0.25, -0.2) is 9.67 Å². The summed E-state index contributed by atoms with van der Waals surface area (Å²) in [6, 6.07) is 7.58. The normalized spacial score (nSPS) is 17.4. The summed E-state index contributed by atoms with van der Waals surface area (Å²) >= 11 is 0. The maximum Gasteiger partial charge on any atom is 0.274 e. The first-order valence-corrected chi connectivity index (χ1v) is 9.37. The molecule has 4 heterocycles. The van der Waals surface area contributed by atoms with Gasteiger partial charge in [0.15, 0.2) is 0 Å². The second-order valence-electron chi connectivity index (χ2n) is 7.22. The lowest BCUT2D eigenvalue weighted by Gasteiger charge is -2.38. The van der Waals surface area contributed by atoms with Gasteiger partial charge in [0.1, 0.15) is 11.4 Å². The Bertz CT molecular complexity index is 1060. The fourth-order valence-electron chi connectivity index (χ4n) is 3.64. The van der Waals surface area contributed by atoms with E-state index in [1.54, 1.807) is 9.58 Å². The van der Waals surface area contributed by atoms with Crippen molar-refractivity contribution in [1.82, 2.24) is 34.8 Å². The highest BCUT2D eigenvalue weighted by atomic mass is 16.2. The third-order valence-electron chi connectivity index (χ3n) is 5.27. The van der Waals surface area contributed by atoms with Gasteiger partial charge in [0.05, 0.1) is 36.0 Å². The summed E-state index contributed by atoms with van der Waals surface area (Å²) < 4.78 is 1.78. The number of fused-ring (bicyclic) bond motifs is 1. The zero-order valence-electron chi connectivity index (χ0n) is 15.2. The van der Waals surface area contributed by atoms with Crippen molar-refractivity contribution in [3.8, 4) is 0 Å². The SMILES string of the molecule is O=C1CCCN1Cc1cn(C2CN(C(=O)c3cnc4ccccc4n3)C2)nn1. The summed E-state index contributed by atoms with van der Waals surface area (Å²) in [4.78, 5) is 36.7. The predicted molar refractivity (Wildman–Crippen MR) is 99.2 cm³/mol. The Morgan fingerprint density at radius 3 is 2.79 bits per heavy atom.